The molecule has 2 unspecified atom stereocenters. The van der Waals surface area contributed by atoms with Gasteiger partial charge in [-0.3, -0.25) is 4.79 Å². The summed E-state index contributed by atoms with van der Waals surface area (Å²) in [6.45, 7) is 5.41. The summed E-state index contributed by atoms with van der Waals surface area (Å²) in [5, 5.41) is 0. The highest BCUT2D eigenvalue weighted by Gasteiger charge is 2.30. The minimum Gasteiger partial charge on any atom is -0.393 e. The second kappa shape index (κ2) is 6.91. The van der Waals surface area contributed by atoms with Crippen molar-refractivity contribution in [1.29, 1.82) is 0 Å². The molecule has 0 aliphatic carbocycles. The lowest BCUT2D eigenvalue weighted by Gasteiger charge is -2.30. The van der Waals surface area contributed by atoms with Crippen LogP contribution in [0.3, 0.4) is 0 Å². The predicted octanol–water partition coefficient (Wildman–Crippen LogP) is 1.47. The molecule has 0 aromatic rings. The largest absolute Gasteiger partial charge is 0.393 e. The average molecular weight is 258 g/mol. The molecule has 0 bridgehead atoms. The number of nitrogens with zero attached hydrogens (tertiary/aromatic N) is 1. The Hall–Kier alpha value is -0.680. The van der Waals surface area contributed by atoms with Gasteiger partial charge >= 0.3 is 0 Å². The van der Waals surface area contributed by atoms with Gasteiger partial charge in [0, 0.05) is 25.6 Å². The van der Waals surface area contributed by atoms with Crippen molar-refractivity contribution in [2.45, 2.75) is 51.7 Å². The lowest BCUT2D eigenvalue weighted by molar-refractivity contribution is -0.143. The number of ether oxygens (including phenoxy) is 1. The summed E-state index contributed by atoms with van der Waals surface area (Å²) < 4.78 is 5.44. The summed E-state index contributed by atoms with van der Waals surface area (Å²) in [5.41, 5.74) is 5.50. The lowest BCUT2D eigenvalue weighted by atomic mass is 10.1. The van der Waals surface area contributed by atoms with Crippen LogP contribution < -0.4 is 5.73 Å². The zero-order chi connectivity index (χ0) is 12.8. The summed E-state index contributed by atoms with van der Waals surface area (Å²) in [6.07, 6.45) is 3.06. The molecule has 5 heteroatoms. The zero-order valence-electron chi connectivity index (χ0n) is 10.6. The quantitative estimate of drug-likeness (QED) is 0.733. The van der Waals surface area contributed by atoms with E-state index in [1.807, 2.05) is 11.8 Å². The average Bonchev–Trinajstić information content (AvgIpc) is 2.81. The van der Waals surface area contributed by atoms with Crippen LogP contribution in [0.4, 0.5) is 0 Å². The molecule has 98 valence electrons. The molecular formula is C12H22N2O2S. The Kier molecular flexibility index (Phi) is 5.85. The Bertz CT molecular complexity index is 278. The topological polar surface area (TPSA) is 55.6 Å². The van der Waals surface area contributed by atoms with Gasteiger partial charge < -0.3 is 15.4 Å². The third-order valence-corrected chi connectivity index (χ3v) is 3.41. The van der Waals surface area contributed by atoms with Crippen molar-refractivity contribution < 1.29 is 9.53 Å². The van der Waals surface area contributed by atoms with Gasteiger partial charge in [0.25, 0.3) is 5.91 Å². The summed E-state index contributed by atoms with van der Waals surface area (Å²) in [4.78, 5) is 14.6. The highest BCUT2D eigenvalue weighted by Crippen LogP contribution is 2.17. The first-order valence-corrected chi connectivity index (χ1v) is 6.67. The van der Waals surface area contributed by atoms with Gasteiger partial charge in [-0.2, -0.15) is 0 Å². The van der Waals surface area contributed by atoms with Crippen LogP contribution in [0.25, 0.3) is 0 Å². The van der Waals surface area contributed by atoms with E-state index in [4.69, 9.17) is 22.7 Å². The molecule has 4 nitrogen and oxygen atoms in total. The smallest absolute Gasteiger partial charge is 0.251 e. The first kappa shape index (κ1) is 14.4. The van der Waals surface area contributed by atoms with Crippen molar-refractivity contribution in [1.82, 2.24) is 4.90 Å². The molecule has 1 aliphatic rings. The molecule has 17 heavy (non-hydrogen) atoms. The van der Waals surface area contributed by atoms with Gasteiger partial charge in [-0.1, -0.05) is 19.1 Å². The third-order valence-electron chi connectivity index (χ3n) is 3.21. The number of hydrogen-bond donors (Lipinski definition) is 1. The van der Waals surface area contributed by atoms with E-state index in [0.717, 1.165) is 19.3 Å². The maximum Gasteiger partial charge on any atom is 0.251 e. The van der Waals surface area contributed by atoms with Crippen molar-refractivity contribution in [3.63, 3.8) is 0 Å². The fraction of sp³-hybridized carbons (Fsp3) is 0.833. The third kappa shape index (κ3) is 4.24. The van der Waals surface area contributed by atoms with Crippen molar-refractivity contribution in [2.24, 2.45) is 5.73 Å². The molecule has 0 radical (unpaired) electrons. The molecular weight excluding hydrogens is 236 g/mol. The van der Waals surface area contributed by atoms with Gasteiger partial charge in [-0.05, 0) is 26.2 Å². The molecule has 2 N–H and O–H groups in total. The van der Waals surface area contributed by atoms with E-state index >= 15 is 0 Å². The molecule has 0 aromatic carbocycles. The Morgan fingerprint density at radius 3 is 2.82 bits per heavy atom. The zero-order valence-corrected chi connectivity index (χ0v) is 11.5. The van der Waals surface area contributed by atoms with Crippen molar-refractivity contribution in [3.8, 4) is 0 Å². The number of hydrogen-bond acceptors (Lipinski definition) is 3. The SMILES string of the molecule is CCC(C)N(CCC(N)=S)C(=O)C1CCCO1. The number of carbonyl (C=O) groups excluding carboxylic acids is 1. The van der Waals surface area contributed by atoms with E-state index < -0.39 is 0 Å². The standard InChI is InChI=1S/C12H22N2O2S/c1-3-9(2)14(7-6-11(13)17)12(15)10-5-4-8-16-10/h9-10H,3-8H2,1-2H3,(H2,13,17). The van der Waals surface area contributed by atoms with Crippen LogP contribution >= 0.6 is 12.2 Å². The monoisotopic (exact) mass is 258 g/mol. The van der Waals surface area contributed by atoms with E-state index in [0.29, 0.717) is 24.6 Å². The summed E-state index contributed by atoms with van der Waals surface area (Å²) in [5.74, 6) is 0.0908. The maximum absolute atomic E-state index is 12.3. The van der Waals surface area contributed by atoms with Crippen molar-refractivity contribution >= 4 is 23.1 Å². The predicted molar refractivity (Wildman–Crippen MR) is 71.8 cm³/mol. The molecule has 1 rings (SSSR count). The van der Waals surface area contributed by atoms with E-state index in [-0.39, 0.29) is 18.1 Å². The highest BCUT2D eigenvalue weighted by molar-refractivity contribution is 7.80. The van der Waals surface area contributed by atoms with Gasteiger partial charge in [-0.15, -0.1) is 0 Å². The van der Waals surface area contributed by atoms with Gasteiger partial charge in [0.15, 0.2) is 0 Å². The maximum atomic E-state index is 12.3. The van der Waals surface area contributed by atoms with Crippen LogP contribution in [0.15, 0.2) is 0 Å². The molecule has 0 aromatic heterocycles. The minimum atomic E-state index is -0.254. The van der Waals surface area contributed by atoms with Crippen LogP contribution in [0, 0.1) is 0 Å². The van der Waals surface area contributed by atoms with Gasteiger partial charge in [0.2, 0.25) is 0 Å². The Balaban J connectivity index is 2.60. The molecule has 1 fully saturated rings. The van der Waals surface area contributed by atoms with Crippen molar-refractivity contribution in [2.75, 3.05) is 13.2 Å². The summed E-state index contributed by atoms with van der Waals surface area (Å²) in [7, 11) is 0. The summed E-state index contributed by atoms with van der Waals surface area (Å²) in [6, 6.07) is 0.209. The second-order valence-electron chi connectivity index (χ2n) is 4.51. The Morgan fingerprint density at radius 2 is 2.35 bits per heavy atom. The normalized spacial score (nSPS) is 21.2. The Morgan fingerprint density at radius 1 is 1.65 bits per heavy atom. The van der Waals surface area contributed by atoms with Crippen LogP contribution in [-0.2, 0) is 9.53 Å². The van der Waals surface area contributed by atoms with E-state index in [2.05, 4.69) is 6.92 Å². The molecule has 0 spiro atoms. The highest BCUT2D eigenvalue weighted by atomic mass is 32.1. The molecule has 1 heterocycles. The molecule has 1 amide bonds. The van der Waals surface area contributed by atoms with Crippen LogP contribution in [0.2, 0.25) is 0 Å². The molecule has 2 atom stereocenters. The van der Waals surface area contributed by atoms with E-state index in [9.17, 15) is 4.79 Å². The number of nitrogens with two attached hydrogens (primary N) is 1. The Labute approximate surface area is 108 Å². The van der Waals surface area contributed by atoms with Crippen molar-refractivity contribution in [3.05, 3.63) is 0 Å². The summed E-state index contributed by atoms with van der Waals surface area (Å²) >= 11 is 4.87. The van der Waals surface area contributed by atoms with Gasteiger partial charge in [-0.25, -0.2) is 0 Å². The van der Waals surface area contributed by atoms with Gasteiger partial charge in [0.1, 0.15) is 6.10 Å². The molecule has 1 aliphatic heterocycles. The van der Waals surface area contributed by atoms with Gasteiger partial charge in [0.05, 0.1) is 4.99 Å². The molecule has 0 saturated carbocycles. The second-order valence-corrected chi connectivity index (χ2v) is 5.03. The first-order chi connectivity index (χ1) is 8.06. The van der Waals surface area contributed by atoms with Crippen LogP contribution in [-0.4, -0.2) is 41.1 Å². The minimum absolute atomic E-state index is 0.0908. The number of carbonyl (C=O) groups is 1. The van der Waals surface area contributed by atoms with Crippen LogP contribution in [0.1, 0.15) is 39.5 Å². The van der Waals surface area contributed by atoms with E-state index in [1.165, 1.54) is 0 Å². The van der Waals surface area contributed by atoms with Crippen LogP contribution in [0.5, 0.6) is 0 Å². The lowest BCUT2D eigenvalue weighted by Crippen LogP contribution is -2.45. The van der Waals surface area contributed by atoms with E-state index in [1.54, 1.807) is 0 Å². The number of rotatable bonds is 6. The number of amides is 1. The number of thiocarbonyl (C=S) groups is 1. The fourth-order valence-electron chi connectivity index (χ4n) is 1.96. The fourth-order valence-corrected chi connectivity index (χ4v) is 2.05. The molecule has 1 saturated heterocycles. The first-order valence-electron chi connectivity index (χ1n) is 6.26.